The summed E-state index contributed by atoms with van der Waals surface area (Å²) in [6.45, 7) is 1.77. The third kappa shape index (κ3) is 3.11. The largest absolute Gasteiger partial charge is 0.489 e. The summed E-state index contributed by atoms with van der Waals surface area (Å²) in [6.07, 6.45) is 2.92. The molecule has 0 aromatic heterocycles. The van der Waals surface area contributed by atoms with Gasteiger partial charge in [0.15, 0.2) is 0 Å². The Hall–Kier alpha value is -0.730. The Labute approximate surface area is 94.8 Å². The predicted octanol–water partition coefficient (Wildman–Crippen LogP) is 2.80. The van der Waals surface area contributed by atoms with Crippen molar-refractivity contribution in [2.45, 2.75) is 38.4 Å². The fraction of sp³-hybridized carbons (Fsp3) is 0.500. The van der Waals surface area contributed by atoms with Gasteiger partial charge in [0, 0.05) is 0 Å². The first-order valence-electron chi connectivity index (χ1n) is 5.28. The Balaban J connectivity index is 2.07. The fourth-order valence-electron chi connectivity index (χ4n) is 1.47. The average molecular weight is 227 g/mol. The zero-order valence-corrected chi connectivity index (χ0v) is 9.50. The predicted molar refractivity (Wildman–Crippen MR) is 60.5 cm³/mol. The lowest BCUT2D eigenvalue weighted by molar-refractivity contribution is 0.195. The van der Waals surface area contributed by atoms with Crippen LogP contribution in [0.5, 0.6) is 5.75 Å². The minimum atomic E-state index is -0.337. The summed E-state index contributed by atoms with van der Waals surface area (Å²) in [5.41, 5.74) is 1.04. The van der Waals surface area contributed by atoms with E-state index in [9.17, 15) is 5.11 Å². The summed E-state index contributed by atoms with van der Waals surface area (Å²) in [5, 5.41) is 9.89. The molecule has 1 aromatic carbocycles. The number of aliphatic hydroxyl groups is 1. The number of halogens is 1. The van der Waals surface area contributed by atoms with E-state index in [0.717, 1.165) is 24.2 Å². The monoisotopic (exact) mass is 226 g/mol. The first-order chi connectivity index (χ1) is 7.15. The van der Waals surface area contributed by atoms with E-state index in [1.165, 1.54) is 0 Å². The van der Waals surface area contributed by atoms with Crippen LogP contribution in [0.2, 0.25) is 5.02 Å². The van der Waals surface area contributed by atoms with Crippen LogP contribution in [-0.4, -0.2) is 17.3 Å². The smallest absolute Gasteiger partial charge is 0.138 e. The van der Waals surface area contributed by atoms with Gasteiger partial charge in [-0.15, -0.1) is 0 Å². The molecule has 0 amide bonds. The molecule has 1 aliphatic rings. The molecule has 0 saturated heterocycles. The van der Waals surface area contributed by atoms with E-state index in [4.69, 9.17) is 16.3 Å². The third-order valence-corrected chi connectivity index (χ3v) is 2.64. The van der Waals surface area contributed by atoms with Gasteiger partial charge < -0.3 is 9.84 Å². The maximum atomic E-state index is 9.25. The van der Waals surface area contributed by atoms with E-state index in [1.807, 2.05) is 18.2 Å². The van der Waals surface area contributed by atoms with Gasteiger partial charge in [0.25, 0.3) is 0 Å². The zero-order valence-electron chi connectivity index (χ0n) is 8.74. The van der Waals surface area contributed by atoms with Crippen LogP contribution >= 0.6 is 11.6 Å². The average Bonchev–Trinajstić information content (AvgIpc) is 2.92. The second-order valence-corrected chi connectivity index (χ2v) is 4.54. The van der Waals surface area contributed by atoms with Crippen molar-refractivity contribution >= 4 is 11.6 Å². The van der Waals surface area contributed by atoms with Gasteiger partial charge in [0.05, 0.1) is 17.2 Å². The second kappa shape index (κ2) is 4.42. The van der Waals surface area contributed by atoms with E-state index in [2.05, 4.69) is 0 Å². The molecule has 1 saturated carbocycles. The van der Waals surface area contributed by atoms with Crippen LogP contribution in [0, 0.1) is 0 Å². The Kier molecular flexibility index (Phi) is 3.17. The quantitative estimate of drug-likeness (QED) is 0.856. The van der Waals surface area contributed by atoms with Crippen LogP contribution < -0.4 is 4.74 Å². The highest BCUT2D eigenvalue weighted by molar-refractivity contribution is 6.32. The Morgan fingerprint density at radius 2 is 2.27 bits per heavy atom. The first-order valence-corrected chi connectivity index (χ1v) is 5.66. The molecule has 2 nitrogen and oxygen atoms in total. The van der Waals surface area contributed by atoms with E-state index >= 15 is 0 Å². The first kappa shape index (κ1) is 10.8. The van der Waals surface area contributed by atoms with Crippen molar-refractivity contribution in [2.24, 2.45) is 0 Å². The minimum Gasteiger partial charge on any atom is -0.489 e. The van der Waals surface area contributed by atoms with Crippen molar-refractivity contribution < 1.29 is 9.84 Å². The molecule has 3 heteroatoms. The van der Waals surface area contributed by atoms with Crippen LogP contribution in [-0.2, 0) is 6.42 Å². The molecule has 1 fully saturated rings. The standard InChI is InChI=1S/C12H15ClO2/c1-8(14)6-9-2-5-12(11(13)7-9)15-10-3-4-10/h2,5,7-8,10,14H,3-4,6H2,1H3. The molecule has 2 rings (SSSR count). The molecule has 82 valence electrons. The highest BCUT2D eigenvalue weighted by Gasteiger charge is 2.24. The molecule has 1 N–H and O–H groups in total. The van der Waals surface area contributed by atoms with Crippen LogP contribution in [0.25, 0.3) is 0 Å². The maximum absolute atomic E-state index is 9.25. The summed E-state index contributed by atoms with van der Waals surface area (Å²) in [6, 6.07) is 5.71. The van der Waals surface area contributed by atoms with Crippen molar-refractivity contribution in [3.63, 3.8) is 0 Å². The highest BCUT2D eigenvalue weighted by Crippen LogP contribution is 2.32. The van der Waals surface area contributed by atoms with Crippen molar-refractivity contribution in [1.29, 1.82) is 0 Å². The molecular weight excluding hydrogens is 212 g/mol. The maximum Gasteiger partial charge on any atom is 0.138 e. The van der Waals surface area contributed by atoms with Crippen LogP contribution in [0.15, 0.2) is 18.2 Å². The normalized spacial score (nSPS) is 17.5. The number of hydrogen-bond acceptors (Lipinski definition) is 2. The molecule has 0 radical (unpaired) electrons. The zero-order chi connectivity index (χ0) is 10.8. The number of benzene rings is 1. The molecule has 1 aliphatic carbocycles. The number of hydrogen-bond donors (Lipinski definition) is 1. The molecule has 0 spiro atoms. The summed E-state index contributed by atoms with van der Waals surface area (Å²) in [7, 11) is 0. The second-order valence-electron chi connectivity index (χ2n) is 4.14. The lowest BCUT2D eigenvalue weighted by Crippen LogP contribution is -2.04. The van der Waals surface area contributed by atoms with Crippen LogP contribution in [0.3, 0.4) is 0 Å². The summed E-state index contributed by atoms with van der Waals surface area (Å²) in [5.74, 6) is 0.758. The SMILES string of the molecule is CC(O)Cc1ccc(OC2CC2)c(Cl)c1. The Bertz CT molecular complexity index is 345. The molecule has 0 heterocycles. The van der Waals surface area contributed by atoms with Crippen LogP contribution in [0.1, 0.15) is 25.3 Å². The molecular formula is C12H15ClO2. The molecule has 15 heavy (non-hydrogen) atoms. The minimum absolute atomic E-state index is 0.337. The third-order valence-electron chi connectivity index (χ3n) is 2.35. The molecule has 1 unspecified atom stereocenters. The van der Waals surface area contributed by atoms with Gasteiger partial charge in [-0.3, -0.25) is 0 Å². The van der Waals surface area contributed by atoms with Gasteiger partial charge in [-0.25, -0.2) is 0 Å². The topological polar surface area (TPSA) is 29.5 Å². The fourth-order valence-corrected chi connectivity index (χ4v) is 1.72. The Morgan fingerprint density at radius 1 is 1.53 bits per heavy atom. The molecule has 0 aliphatic heterocycles. The van der Waals surface area contributed by atoms with Crippen LogP contribution in [0.4, 0.5) is 0 Å². The van der Waals surface area contributed by atoms with E-state index in [1.54, 1.807) is 6.92 Å². The van der Waals surface area contributed by atoms with Crippen molar-refractivity contribution in [3.8, 4) is 5.75 Å². The van der Waals surface area contributed by atoms with Gasteiger partial charge in [0.1, 0.15) is 5.75 Å². The molecule has 1 aromatic rings. The number of aliphatic hydroxyl groups excluding tert-OH is 1. The summed E-state index contributed by atoms with van der Waals surface area (Å²) in [4.78, 5) is 0. The van der Waals surface area contributed by atoms with E-state index in [-0.39, 0.29) is 6.10 Å². The van der Waals surface area contributed by atoms with Gasteiger partial charge >= 0.3 is 0 Å². The highest BCUT2D eigenvalue weighted by atomic mass is 35.5. The van der Waals surface area contributed by atoms with E-state index < -0.39 is 0 Å². The Morgan fingerprint density at radius 3 is 2.80 bits per heavy atom. The van der Waals surface area contributed by atoms with Gasteiger partial charge in [-0.1, -0.05) is 17.7 Å². The van der Waals surface area contributed by atoms with Crippen molar-refractivity contribution in [1.82, 2.24) is 0 Å². The van der Waals surface area contributed by atoms with Crippen molar-refractivity contribution in [2.75, 3.05) is 0 Å². The molecule has 0 bridgehead atoms. The number of rotatable bonds is 4. The lowest BCUT2D eigenvalue weighted by atomic mass is 10.1. The van der Waals surface area contributed by atoms with Crippen molar-refractivity contribution in [3.05, 3.63) is 28.8 Å². The summed E-state index contributed by atoms with van der Waals surface area (Å²) < 4.78 is 5.62. The van der Waals surface area contributed by atoms with Gasteiger partial charge in [-0.05, 0) is 43.9 Å². The lowest BCUT2D eigenvalue weighted by Gasteiger charge is -2.09. The van der Waals surface area contributed by atoms with Gasteiger partial charge in [-0.2, -0.15) is 0 Å². The summed E-state index contributed by atoms with van der Waals surface area (Å²) >= 11 is 6.08. The van der Waals surface area contributed by atoms with E-state index in [0.29, 0.717) is 17.5 Å². The number of ether oxygens (including phenoxy) is 1. The van der Waals surface area contributed by atoms with Gasteiger partial charge in [0.2, 0.25) is 0 Å². The molecule has 1 atom stereocenters.